The summed E-state index contributed by atoms with van der Waals surface area (Å²) in [5.74, 6) is -1.30. The maximum absolute atomic E-state index is 12.7. The van der Waals surface area contributed by atoms with Crippen molar-refractivity contribution >= 4 is 33.3 Å². The molecular weight excluding hydrogens is 356 g/mol. The maximum atomic E-state index is 12.7. The minimum Gasteiger partial charge on any atom is -0.478 e. The molecule has 1 aliphatic heterocycles. The number of carbonyl (C=O) groups excluding carboxylic acids is 1. The topological polar surface area (TPSA) is 104 Å². The van der Waals surface area contributed by atoms with Crippen LogP contribution >= 0.6 is 0 Å². The van der Waals surface area contributed by atoms with Crippen LogP contribution in [0.2, 0.25) is 0 Å². The van der Waals surface area contributed by atoms with Crippen molar-refractivity contribution < 1.29 is 23.1 Å². The van der Waals surface area contributed by atoms with Gasteiger partial charge in [-0.3, -0.25) is 9.52 Å². The van der Waals surface area contributed by atoms with E-state index >= 15 is 0 Å². The van der Waals surface area contributed by atoms with Crippen molar-refractivity contribution in [1.82, 2.24) is 0 Å². The number of anilines is 2. The summed E-state index contributed by atoms with van der Waals surface area (Å²) < 4.78 is 27.7. The summed E-state index contributed by atoms with van der Waals surface area (Å²) in [7, 11) is -3.96. The number of carboxylic acids is 1. The highest BCUT2D eigenvalue weighted by molar-refractivity contribution is 7.92. The molecule has 2 aromatic rings. The van der Waals surface area contributed by atoms with Gasteiger partial charge in [0, 0.05) is 19.2 Å². The van der Waals surface area contributed by atoms with E-state index in [-0.39, 0.29) is 22.1 Å². The van der Waals surface area contributed by atoms with Crippen LogP contribution in [0, 0.1) is 6.92 Å². The Balaban J connectivity index is 1.96. The van der Waals surface area contributed by atoms with Crippen LogP contribution < -0.4 is 9.62 Å². The normalized spacial score (nSPS) is 13.4. The molecule has 3 rings (SSSR count). The molecule has 0 fully saturated rings. The zero-order chi connectivity index (χ0) is 19.1. The first-order valence-corrected chi connectivity index (χ1v) is 9.45. The van der Waals surface area contributed by atoms with Gasteiger partial charge in [0.25, 0.3) is 10.0 Å². The molecule has 0 unspecified atom stereocenters. The van der Waals surface area contributed by atoms with E-state index in [0.29, 0.717) is 24.2 Å². The zero-order valence-corrected chi connectivity index (χ0v) is 15.1. The fourth-order valence-electron chi connectivity index (χ4n) is 3.00. The second kappa shape index (κ2) is 6.45. The average molecular weight is 374 g/mol. The maximum Gasteiger partial charge on any atom is 0.337 e. The Morgan fingerprint density at radius 1 is 1.15 bits per heavy atom. The van der Waals surface area contributed by atoms with Gasteiger partial charge in [0.1, 0.15) is 0 Å². The van der Waals surface area contributed by atoms with Gasteiger partial charge < -0.3 is 10.0 Å². The highest BCUT2D eigenvalue weighted by Gasteiger charge is 2.25. The van der Waals surface area contributed by atoms with Gasteiger partial charge in [-0.05, 0) is 49.2 Å². The summed E-state index contributed by atoms with van der Waals surface area (Å²) in [4.78, 5) is 24.6. The third-order valence-electron chi connectivity index (χ3n) is 4.29. The van der Waals surface area contributed by atoms with Crippen molar-refractivity contribution in [1.29, 1.82) is 0 Å². The van der Waals surface area contributed by atoms with Crippen molar-refractivity contribution in [2.45, 2.75) is 25.2 Å². The lowest BCUT2D eigenvalue weighted by Crippen LogP contribution is -2.25. The van der Waals surface area contributed by atoms with Crippen LogP contribution in [0.25, 0.3) is 0 Å². The van der Waals surface area contributed by atoms with E-state index in [1.54, 1.807) is 24.0 Å². The number of aromatic carboxylic acids is 1. The standard InChI is InChI=1S/C18H18N2O5S/c1-11-3-5-16(15(9-11)18(22)23)19-26(24,25)14-4-6-17-13(10-14)7-8-20(17)12(2)21/h3-6,9-10,19H,7-8H2,1-2H3,(H,22,23). The molecule has 0 spiro atoms. The first-order valence-electron chi connectivity index (χ1n) is 7.97. The molecule has 2 N–H and O–H groups in total. The summed E-state index contributed by atoms with van der Waals surface area (Å²) in [6.45, 7) is 3.71. The predicted molar refractivity (Wildman–Crippen MR) is 97.1 cm³/mol. The molecule has 0 atom stereocenters. The Hall–Kier alpha value is -2.87. The highest BCUT2D eigenvalue weighted by Crippen LogP contribution is 2.31. The van der Waals surface area contributed by atoms with Gasteiger partial charge in [0.05, 0.1) is 16.1 Å². The Kier molecular flexibility index (Phi) is 4.45. The fourth-order valence-corrected chi connectivity index (χ4v) is 4.13. The zero-order valence-electron chi connectivity index (χ0n) is 14.3. The summed E-state index contributed by atoms with van der Waals surface area (Å²) in [6.07, 6.45) is 0.573. The number of amides is 1. The van der Waals surface area contributed by atoms with Gasteiger partial charge in [-0.2, -0.15) is 0 Å². The molecule has 0 aromatic heterocycles. The molecule has 0 bridgehead atoms. The molecule has 1 amide bonds. The lowest BCUT2D eigenvalue weighted by Gasteiger charge is -2.15. The van der Waals surface area contributed by atoms with E-state index in [9.17, 15) is 23.1 Å². The van der Waals surface area contributed by atoms with Crippen LogP contribution in [-0.2, 0) is 21.2 Å². The number of hydrogen-bond donors (Lipinski definition) is 2. The second-order valence-electron chi connectivity index (χ2n) is 6.17. The van der Waals surface area contributed by atoms with Crippen molar-refractivity contribution in [2.24, 2.45) is 0 Å². The lowest BCUT2D eigenvalue weighted by molar-refractivity contribution is -0.116. The Morgan fingerprint density at radius 2 is 1.88 bits per heavy atom. The van der Waals surface area contributed by atoms with E-state index in [1.807, 2.05) is 0 Å². The number of sulfonamides is 1. The molecular formula is C18H18N2O5S. The number of aryl methyl sites for hydroxylation is 1. The number of fused-ring (bicyclic) bond motifs is 1. The SMILES string of the molecule is CC(=O)N1CCc2cc(S(=O)(=O)Nc3ccc(C)cc3C(=O)O)ccc21. The molecule has 0 saturated heterocycles. The Morgan fingerprint density at radius 3 is 2.54 bits per heavy atom. The Labute approximate surface area is 151 Å². The monoisotopic (exact) mass is 374 g/mol. The number of benzene rings is 2. The molecule has 0 saturated carbocycles. The van der Waals surface area contributed by atoms with Gasteiger partial charge in [-0.1, -0.05) is 11.6 Å². The number of carbonyl (C=O) groups is 2. The third-order valence-corrected chi connectivity index (χ3v) is 5.65. The van der Waals surface area contributed by atoms with Gasteiger partial charge in [-0.25, -0.2) is 13.2 Å². The molecule has 26 heavy (non-hydrogen) atoms. The van der Waals surface area contributed by atoms with E-state index in [0.717, 1.165) is 5.56 Å². The molecule has 136 valence electrons. The minimum absolute atomic E-state index is 0.00830. The number of hydrogen-bond acceptors (Lipinski definition) is 4. The van der Waals surface area contributed by atoms with E-state index in [4.69, 9.17) is 0 Å². The van der Waals surface area contributed by atoms with Crippen molar-refractivity contribution in [2.75, 3.05) is 16.2 Å². The summed E-state index contributed by atoms with van der Waals surface area (Å²) >= 11 is 0. The first-order chi connectivity index (χ1) is 12.2. The van der Waals surface area contributed by atoms with E-state index in [1.165, 1.54) is 31.2 Å². The summed E-state index contributed by atoms with van der Waals surface area (Å²) in [6, 6.07) is 9.02. The molecule has 1 heterocycles. The summed E-state index contributed by atoms with van der Waals surface area (Å²) in [5.41, 5.74) is 2.09. The second-order valence-corrected chi connectivity index (χ2v) is 7.85. The van der Waals surface area contributed by atoms with Crippen LogP contribution in [0.4, 0.5) is 11.4 Å². The molecule has 8 heteroatoms. The molecule has 7 nitrogen and oxygen atoms in total. The smallest absolute Gasteiger partial charge is 0.337 e. The molecule has 0 radical (unpaired) electrons. The van der Waals surface area contributed by atoms with Crippen LogP contribution in [0.1, 0.15) is 28.4 Å². The number of nitrogens with one attached hydrogen (secondary N) is 1. The predicted octanol–water partition coefficient (Wildman–Crippen LogP) is 2.40. The number of carboxylic acid groups (broad SMARTS) is 1. The van der Waals surface area contributed by atoms with E-state index in [2.05, 4.69) is 4.72 Å². The largest absolute Gasteiger partial charge is 0.478 e. The van der Waals surface area contributed by atoms with Crippen molar-refractivity contribution in [3.8, 4) is 0 Å². The number of nitrogens with zero attached hydrogens (tertiary/aromatic N) is 1. The average Bonchev–Trinajstić information content (AvgIpc) is 2.99. The van der Waals surface area contributed by atoms with Crippen LogP contribution in [0.5, 0.6) is 0 Å². The van der Waals surface area contributed by atoms with Crippen molar-refractivity contribution in [3.63, 3.8) is 0 Å². The van der Waals surface area contributed by atoms with Crippen LogP contribution in [0.15, 0.2) is 41.3 Å². The fraction of sp³-hybridized carbons (Fsp3) is 0.222. The Bertz CT molecular complexity index is 1010. The summed E-state index contributed by atoms with van der Waals surface area (Å²) in [5, 5.41) is 9.29. The molecule has 0 aliphatic carbocycles. The van der Waals surface area contributed by atoms with E-state index < -0.39 is 16.0 Å². The van der Waals surface area contributed by atoms with Gasteiger partial charge in [0.2, 0.25) is 5.91 Å². The lowest BCUT2D eigenvalue weighted by atomic mass is 10.1. The van der Waals surface area contributed by atoms with Crippen LogP contribution in [-0.4, -0.2) is 31.9 Å². The molecule has 2 aromatic carbocycles. The first kappa shape index (κ1) is 17.9. The quantitative estimate of drug-likeness (QED) is 0.855. The minimum atomic E-state index is -3.96. The van der Waals surface area contributed by atoms with Gasteiger partial charge >= 0.3 is 5.97 Å². The molecule has 1 aliphatic rings. The van der Waals surface area contributed by atoms with Gasteiger partial charge in [-0.15, -0.1) is 0 Å². The third kappa shape index (κ3) is 3.28. The van der Waals surface area contributed by atoms with Crippen molar-refractivity contribution in [3.05, 3.63) is 53.1 Å². The van der Waals surface area contributed by atoms with Crippen LogP contribution in [0.3, 0.4) is 0 Å². The highest BCUT2D eigenvalue weighted by atomic mass is 32.2. The number of rotatable bonds is 4. The van der Waals surface area contributed by atoms with Gasteiger partial charge in [0.15, 0.2) is 0 Å².